The van der Waals surface area contributed by atoms with Crippen LogP contribution in [0.4, 0.5) is 15.1 Å². The van der Waals surface area contributed by atoms with E-state index in [1.165, 1.54) is 6.07 Å². The highest BCUT2D eigenvalue weighted by Crippen LogP contribution is 2.27. The molecule has 120 valence electrons. The second-order valence-corrected chi connectivity index (χ2v) is 5.15. The number of nitro benzene ring substituents is 1. The first-order chi connectivity index (χ1) is 10.9. The molecule has 10 heteroatoms. The van der Waals surface area contributed by atoms with Gasteiger partial charge in [0.05, 0.1) is 10.5 Å². The Morgan fingerprint density at radius 3 is 2.78 bits per heavy atom. The van der Waals surface area contributed by atoms with E-state index >= 15 is 0 Å². The van der Waals surface area contributed by atoms with Gasteiger partial charge in [-0.05, 0) is 17.5 Å². The smallest absolute Gasteiger partial charge is 0.311 e. The van der Waals surface area contributed by atoms with Gasteiger partial charge in [-0.15, -0.1) is 11.3 Å². The van der Waals surface area contributed by atoms with Crippen LogP contribution in [-0.2, 0) is 4.79 Å². The fourth-order valence-electron chi connectivity index (χ4n) is 1.66. The van der Waals surface area contributed by atoms with Crippen molar-refractivity contribution in [1.29, 1.82) is 0 Å². The minimum Gasteiger partial charge on any atom is -0.477 e. The normalized spacial score (nSPS) is 10.1. The van der Waals surface area contributed by atoms with Gasteiger partial charge in [0.15, 0.2) is 6.61 Å². The summed E-state index contributed by atoms with van der Waals surface area (Å²) < 4.78 is 18.1. The van der Waals surface area contributed by atoms with Crippen LogP contribution in [0.2, 0.25) is 0 Å². The van der Waals surface area contributed by atoms with Crippen LogP contribution in [-0.4, -0.2) is 23.3 Å². The molecule has 2 rings (SSSR count). The van der Waals surface area contributed by atoms with Gasteiger partial charge >= 0.3 is 5.69 Å². The highest BCUT2D eigenvalue weighted by molar-refractivity contribution is 7.14. The van der Waals surface area contributed by atoms with E-state index in [4.69, 9.17) is 10.5 Å². The van der Waals surface area contributed by atoms with Crippen LogP contribution in [0.1, 0.15) is 10.4 Å². The highest BCUT2D eigenvalue weighted by Gasteiger charge is 2.18. The number of ether oxygens (including phenoxy) is 1. The number of nitro groups is 1. The van der Waals surface area contributed by atoms with Crippen molar-refractivity contribution >= 4 is 33.8 Å². The predicted octanol–water partition coefficient (Wildman–Crippen LogP) is 1.91. The molecule has 8 nitrogen and oxygen atoms in total. The van der Waals surface area contributed by atoms with E-state index in [0.717, 1.165) is 29.5 Å². The Balaban J connectivity index is 2.05. The first-order valence-corrected chi connectivity index (χ1v) is 7.00. The molecular weight excluding hydrogens is 329 g/mol. The van der Waals surface area contributed by atoms with E-state index < -0.39 is 34.8 Å². The second-order valence-electron chi connectivity index (χ2n) is 4.23. The molecule has 3 N–H and O–H groups in total. The number of primary amides is 1. The molecule has 0 fully saturated rings. The molecular formula is C13H10FN3O5S. The van der Waals surface area contributed by atoms with Crippen LogP contribution in [0.5, 0.6) is 5.75 Å². The van der Waals surface area contributed by atoms with Gasteiger partial charge in [0, 0.05) is 12.1 Å². The number of nitrogens with zero attached hydrogens (tertiary/aromatic N) is 1. The molecule has 2 amide bonds. The third-order valence-corrected chi connectivity index (χ3v) is 3.49. The van der Waals surface area contributed by atoms with Crippen molar-refractivity contribution in [3.63, 3.8) is 0 Å². The summed E-state index contributed by atoms with van der Waals surface area (Å²) in [7, 11) is 0. The Bertz CT molecular complexity index is 777. The standard InChI is InChI=1S/C13H10FN3O5S/c14-7-1-2-9(17(20)21)10(5-7)22-6-11(18)16-13-8(12(15)19)3-4-23-13/h1-5H,6H2,(H2,15,19)(H,16,18). The van der Waals surface area contributed by atoms with E-state index in [-0.39, 0.29) is 16.3 Å². The summed E-state index contributed by atoms with van der Waals surface area (Å²) in [6, 6.07) is 4.11. The maximum absolute atomic E-state index is 13.1. The van der Waals surface area contributed by atoms with Crippen molar-refractivity contribution in [1.82, 2.24) is 0 Å². The monoisotopic (exact) mass is 339 g/mol. The van der Waals surface area contributed by atoms with Crippen molar-refractivity contribution < 1.29 is 23.6 Å². The van der Waals surface area contributed by atoms with E-state index in [2.05, 4.69) is 5.32 Å². The number of rotatable bonds is 6. The number of amides is 2. The molecule has 2 aromatic rings. The SMILES string of the molecule is NC(=O)c1ccsc1NC(=O)COc1cc(F)ccc1[N+](=O)[O-]. The van der Waals surface area contributed by atoms with Gasteiger partial charge in [-0.1, -0.05) is 0 Å². The number of nitrogens with one attached hydrogen (secondary N) is 1. The molecule has 1 heterocycles. The van der Waals surface area contributed by atoms with Crippen LogP contribution in [0.25, 0.3) is 0 Å². The van der Waals surface area contributed by atoms with Crippen molar-refractivity contribution in [3.05, 3.63) is 51.1 Å². The number of carbonyl (C=O) groups excluding carboxylic acids is 2. The van der Waals surface area contributed by atoms with Crippen LogP contribution in [0, 0.1) is 15.9 Å². The number of nitrogens with two attached hydrogens (primary N) is 1. The average molecular weight is 339 g/mol. The quantitative estimate of drug-likeness (QED) is 0.614. The molecule has 0 spiro atoms. The minimum absolute atomic E-state index is 0.139. The van der Waals surface area contributed by atoms with E-state index in [0.29, 0.717) is 0 Å². The lowest BCUT2D eigenvalue weighted by Gasteiger charge is -2.07. The molecule has 0 aliphatic carbocycles. The number of halogens is 1. The zero-order chi connectivity index (χ0) is 17.0. The largest absolute Gasteiger partial charge is 0.477 e. The van der Waals surface area contributed by atoms with Crippen molar-refractivity contribution in [2.75, 3.05) is 11.9 Å². The van der Waals surface area contributed by atoms with Gasteiger partial charge in [0.2, 0.25) is 5.75 Å². The minimum atomic E-state index is -0.753. The first-order valence-electron chi connectivity index (χ1n) is 6.12. The molecule has 0 saturated carbocycles. The molecule has 0 aliphatic rings. The summed E-state index contributed by atoms with van der Waals surface area (Å²) in [5, 5.41) is 15.0. The zero-order valence-electron chi connectivity index (χ0n) is 11.4. The number of thiophene rings is 1. The third-order valence-electron chi connectivity index (χ3n) is 2.66. The van der Waals surface area contributed by atoms with Crippen LogP contribution in [0.3, 0.4) is 0 Å². The van der Waals surface area contributed by atoms with Gasteiger partial charge in [-0.2, -0.15) is 0 Å². The summed E-state index contributed by atoms with van der Waals surface area (Å²) >= 11 is 1.08. The number of benzene rings is 1. The third kappa shape index (κ3) is 4.01. The summed E-state index contributed by atoms with van der Waals surface area (Å²) in [5.74, 6) is -2.48. The lowest BCUT2D eigenvalue weighted by molar-refractivity contribution is -0.385. The fourth-order valence-corrected chi connectivity index (χ4v) is 2.47. The number of carbonyl (C=O) groups is 2. The topological polar surface area (TPSA) is 125 Å². The molecule has 0 saturated heterocycles. The van der Waals surface area contributed by atoms with Crippen LogP contribution in [0.15, 0.2) is 29.6 Å². The molecule has 1 aromatic carbocycles. The Morgan fingerprint density at radius 1 is 1.39 bits per heavy atom. The summed E-state index contributed by atoms with van der Waals surface area (Å²) in [6.45, 7) is -0.597. The van der Waals surface area contributed by atoms with Crippen molar-refractivity contribution in [3.8, 4) is 5.75 Å². The lowest BCUT2D eigenvalue weighted by Crippen LogP contribution is -2.22. The molecule has 0 unspecified atom stereocenters. The van der Waals surface area contributed by atoms with Gasteiger partial charge in [-0.3, -0.25) is 19.7 Å². The first kappa shape index (κ1) is 16.4. The molecule has 23 heavy (non-hydrogen) atoms. The molecule has 0 bridgehead atoms. The summed E-state index contributed by atoms with van der Waals surface area (Å²) in [4.78, 5) is 33.0. The summed E-state index contributed by atoms with van der Waals surface area (Å²) in [6.07, 6.45) is 0. The average Bonchev–Trinajstić information content (AvgIpc) is 2.93. The van der Waals surface area contributed by atoms with Crippen LogP contribution >= 0.6 is 11.3 Å². The zero-order valence-corrected chi connectivity index (χ0v) is 12.3. The number of anilines is 1. The van der Waals surface area contributed by atoms with Crippen molar-refractivity contribution in [2.24, 2.45) is 5.73 Å². The summed E-state index contributed by atoms with van der Waals surface area (Å²) in [5.41, 5.74) is 4.81. The Hall–Kier alpha value is -3.01. The van der Waals surface area contributed by atoms with E-state index in [1.54, 1.807) is 5.38 Å². The van der Waals surface area contributed by atoms with Gasteiger partial charge in [0.1, 0.15) is 10.8 Å². The highest BCUT2D eigenvalue weighted by atomic mass is 32.1. The fraction of sp³-hybridized carbons (Fsp3) is 0.0769. The van der Waals surface area contributed by atoms with Gasteiger partial charge < -0.3 is 15.8 Å². The van der Waals surface area contributed by atoms with E-state index in [9.17, 15) is 24.1 Å². The maximum atomic E-state index is 13.1. The molecule has 0 atom stereocenters. The Labute approximate surface area is 132 Å². The number of hydrogen-bond acceptors (Lipinski definition) is 6. The molecule has 1 aromatic heterocycles. The van der Waals surface area contributed by atoms with E-state index in [1.807, 2.05) is 0 Å². The lowest BCUT2D eigenvalue weighted by atomic mass is 10.3. The van der Waals surface area contributed by atoms with Crippen LogP contribution < -0.4 is 15.8 Å². The molecule has 0 aliphatic heterocycles. The number of hydrogen-bond donors (Lipinski definition) is 2. The van der Waals surface area contributed by atoms with Crippen molar-refractivity contribution in [2.45, 2.75) is 0 Å². The second kappa shape index (κ2) is 6.83. The molecule has 0 radical (unpaired) electrons. The van der Waals surface area contributed by atoms with Gasteiger partial charge in [-0.25, -0.2) is 4.39 Å². The maximum Gasteiger partial charge on any atom is 0.311 e. The Morgan fingerprint density at radius 2 is 2.13 bits per heavy atom. The van der Waals surface area contributed by atoms with Gasteiger partial charge in [0.25, 0.3) is 11.8 Å². The predicted molar refractivity (Wildman–Crippen MR) is 80.0 cm³/mol. The Kier molecular flexibility index (Phi) is 4.86.